The van der Waals surface area contributed by atoms with Gasteiger partial charge in [-0.2, -0.15) is 0 Å². The first kappa shape index (κ1) is 19.2. The van der Waals surface area contributed by atoms with Gasteiger partial charge in [-0.05, 0) is 49.2 Å². The Balaban J connectivity index is 1.81. The predicted octanol–water partition coefficient (Wildman–Crippen LogP) is 3.07. The smallest absolute Gasteiger partial charge is 0.254 e. The molecular formula is C20H24N2O4S. The van der Waals surface area contributed by atoms with Crippen LogP contribution >= 0.6 is 0 Å². The van der Waals surface area contributed by atoms with Crippen LogP contribution in [0.15, 0.2) is 48.5 Å². The molecule has 1 fully saturated rings. The molecule has 0 aromatic heterocycles. The molecule has 2 aromatic carbocycles. The minimum absolute atomic E-state index is 0.136. The Kier molecular flexibility index (Phi) is 5.41. The van der Waals surface area contributed by atoms with E-state index in [-0.39, 0.29) is 17.7 Å². The lowest BCUT2D eigenvalue weighted by Crippen LogP contribution is -2.30. The third-order valence-electron chi connectivity index (χ3n) is 4.98. The number of rotatable bonds is 5. The fourth-order valence-electron chi connectivity index (χ4n) is 3.21. The van der Waals surface area contributed by atoms with E-state index in [1.54, 1.807) is 43.3 Å². The third kappa shape index (κ3) is 3.93. The van der Waals surface area contributed by atoms with Gasteiger partial charge in [0.25, 0.3) is 5.91 Å². The van der Waals surface area contributed by atoms with E-state index in [0.717, 1.165) is 11.3 Å². The number of carbonyl (C=O) groups excluding carboxylic acids is 1. The first-order chi connectivity index (χ1) is 12.8. The lowest BCUT2D eigenvalue weighted by atomic mass is 10.1. The van der Waals surface area contributed by atoms with Crippen molar-refractivity contribution in [1.82, 2.24) is 4.90 Å². The molecule has 0 radical (unpaired) electrons. The molecule has 0 aliphatic carbocycles. The number of ether oxygens (including phenoxy) is 1. The predicted molar refractivity (Wildman–Crippen MR) is 106 cm³/mol. The Morgan fingerprint density at radius 3 is 2.48 bits per heavy atom. The number of anilines is 1. The van der Waals surface area contributed by atoms with Crippen LogP contribution in [0.2, 0.25) is 0 Å². The van der Waals surface area contributed by atoms with Gasteiger partial charge in [-0.1, -0.05) is 18.2 Å². The van der Waals surface area contributed by atoms with Crippen LogP contribution < -0.4 is 9.04 Å². The Bertz CT molecular complexity index is 925. The minimum Gasteiger partial charge on any atom is -0.497 e. The molecule has 1 saturated heterocycles. The molecule has 0 bridgehead atoms. The Morgan fingerprint density at radius 2 is 1.89 bits per heavy atom. The monoisotopic (exact) mass is 388 g/mol. The Hall–Kier alpha value is -2.54. The second-order valence-electron chi connectivity index (χ2n) is 6.66. The van der Waals surface area contributed by atoms with Crippen molar-refractivity contribution in [2.45, 2.75) is 19.4 Å². The van der Waals surface area contributed by atoms with Gasteiger partial charge >= 0.3 is 0 Å². The summed E-state index contributed by atoms with van der Waals surface area (Å²) in [6.07, 6.45) is 0.606. The molecule has 1 aliphatic heterocycles. The van der Waals surface area contributed by atoms with Gasteiger partial charge in [-0.15, -0.1) is 0 Å². The molecule has 3 rings (SSSR count). The molecule has 7 heteroatoms. The van der Waals surface area contributed by atoms with Crippen molar-refractivity contribution in [2.75, 3.05) is 30.8 Å². The molecule has 2 aromatic rings. The fourth-order valence-corrected chi connectivity index (χ4v) is 4.77. The number of nitrogens with zero attached hydrogens (tertiary/aromatic N) is 2. The first-order valence-electron chi connectivity index (χ1n) is 8.85. The van der Waals surface area contributed by atoms with Crippen LogP contribution in [-0.4, -0.2) is 45.7 Å². The summed E-state index contributed by atoms with van der Waals surface area (Å²) >= 11 is 0. The van der Waals surface area contributed by atoms with Crippen LogP contribution in [0, 0.1) is 0 Å². The van der Waals surface area contributed by atoms with E-state index in [1.807, 2.05) is 31.2 Å². The van der Waals surface area contributed by atoms with Crippen molar-refractivity contribution in [3.8, 4) is 5.75 Å². The van der Waals surface area contributed by atoms with Crippen molar-refractivity contribution in [2.24, 2.45) is 0 Å². The summed E-state index contributed by atoms with van der Waals surface area (Å²) in [7, 11) is 0.0870. The van der Waals surface area contributed by atoms with Crippen LogP contribution in [0.25, 0.3) is 0 Å². The number of hydrogen-bond acceptors (Lipinski definition) is 4. The van der Waals surface area contributed by atoms with Crippen molar-refractivity contribution in [3.63, 3.8) is 0 Å². The summed E-state index contributed by atoms with van der Waals surface area (Å²) in [5, 5.41) is 0. The van der Waals surface area contributed by atoms with E-state index in [1.165, 1.54) is 4.31 Å². The van der Waals surface area contributed by atoms with Gasteiger partial charge in [0.1, 0.15) is 5.75 Å². The average molecular weight is 388 g/mol. The largest absolute Gasteiger partial charge is 0.497 e. The van der Waals surface area contributed by atoms with E-state index in [9.17, 15) is 13.2 Å². The number of sulfonamides is 1. The van der Waals surface area contributed by atoms with E-state index in [0.29, 0.717) is 24.2 Å². The zero-order valence-electron chi connectivity index (χ0n) is 15.8. The maximum atomic E-state index is 12.9. The summed E-state index contributed by atoms with van der Waals surface area (Å²) in [5.41, 5.74) is 2.01. The Labute approximate surface area is 160 Å². The maximum Gasteiger partial charge on any atom is 0.254 e. The molecule has 0 N–H and O–H groups in total. The van der Waals surface area contributed by atoms with E-state index in [2.05, 4.69) is 0 Å². The average Bonchev–Trinajstić information content (AvgIpc) is 3.05. The van der Waals surface area contributed by atoms with Gasteiger partial charge in [-0.25, -0.2) is 8.42 Å². The minimum atomic E-state index is -3.27. The van der Waals surface area contributed by atoms with Crippen molar-refractivity contribution in [1.29, 1.82) is 0 Å². The van der Waals surface area contributed by atoms with Crippen LogP contribution in [0.4, 0.5) is 5.69 Å². The quantitative estimate of drug-likeness (QED) is 0.790. The second-order valence-corrected chi connectivity index (χ2v) is 8.67. The lowest BCUT2D eigenvalue weighted by Gasteiger charge is -2.26. The number of hydrogen-bond donors (Lipinski definition) is 0. The first-order valence-corrected chi connectivity index (χ1v) is 10.5. The SMILES string of the molecule is COc1ccc(C(C)N(C)C(=O)c2cccc(N3CCCS3(=O)=O)c2)cc1. The van der Waals surface area contributed by atoms with Crippen LogP contribution in [-0.2, 0) is 10.0 Å². The highest BCUT2D eigenvalue weighted by atomic mass is 32.2. The highest BCUT2D eigenvalue weighted by molar-refractivity contribution is 7.93. The molecule has 0 saturated carbocycles. The van der Waals surface area contributed by atoms with Crippen molar-refractivity contribution < 1.29 is 17.9 Å². The number of methoxy groups -OCH3 is 1. The summed E-state index contributed by atoms with van der Waals surface area (Å²) < 4.78 is 30.8. The molecule has 1 unspecified atom stereocenters. The molecule has 27 heavy (non-hydrogen) atoms. The topological polar surface area (TPSA) is 66.9 Å². The van der Waals surface area contributed by atoms with Gasteiger partial charge < -0.3 is 9.64 Å². The fraction of sp³-hybridized carbons (Fsp3) is 0.350. The Morgan fingerprint density at radius 1 is 1.19 bits per heavy atom. The second kappa shape index (κ2) is 7.60. The van der Waals surface area contributed by atoms with E-state index < -0.39 is 10.0 Å². The lowest BCUT2D eigenvalue weighted by molar-refractivity contribution is 0.0742. The summed E-state index contributed by atoms with van der Waals surface area (Å²) in [6.45, 7) is 2.41. The van der Waals surface area contributed by atoms with Crippen LogP contribution in [0.5, 0.6) is 5.75 Å². The molecule has 1 amide bonds. The molecule has 1 heterocycles. The molecule has 144 valence electrons. The molecule has 6 nitrogen and oxygen atoms in total. The van der Waals surface area contributed by atoms with Crippen molar-refractivity contribution in [3.05, 3.63) is 59.7 Å². The van der Waals surface area contributed by atoms with Gasteiger partial charge in [0.05, 0.1) is 24.6 Å². The van der Waals surface area contributed by atoms with Gasteiger partial charge in [0.15, 0.2) is 0 Å². The molecule has 1 atom stereocenters. The highest BCUT2D eigenvalue weighted by Gasteiger charge is 2.29. The van der Waals surface area contributed by atoms with Gasteiger partial charge in [-0.3, -0.25) is 9.10 Å². The van der Waals surface area contributed by atoms with Gasteiger partial charge in [0.2, 0.25) is 10.0 Å². The van der Waals surface area contributed by atoms with E-state index in [4.69, 9.17) is 4.74 Å². The standard InChI is InChI=1S/C20H24N2O4S/c1-15(16-8-10-19(26-3)11-9-16)21(2)20(23)17-6-4-7-18(14-17)22-12-5-13-27(22,24)25/h4,6-11,14-15H,5,12-13H2,1-3H3. The number of benzene rings is 2. The van der Waals surface area contributed by atoms with Gasteiger partial charge in [0, 0.05) is 19.2 Å². The van der Waals surface area contributed by atoms with Crippen molar-refractivity contribution >= 4 is 21.6 Å². The normalized spacial score (nSPS) is 16.8. The maximum absolute atomic E-state index is 12.9. The van der Waals surface area contributed by atoms with E-state index >= 15 is 0 Å². The third-order valence-corrected chi connectivity index (χ3v) is 6.85. The van der Waals surface area contributed by atoms with Crippen LogP contribution in [0.3, 0.4) is 0 Å². The molecule has 1 aliphatic rings. The van der Waals surface area contributed by atoms with Crippen LogP contribution in [0.1, 0.15) is 35.3 Å². The molecular weight excluding hydrogens is 364 g/mol. The zero-order chi connectivity index (χ0) is 19.6. The molecule has 0 spiro atoms. The number of carbonyl (C=O) groups is 1. The summed E-state index contributed by atoms with van der Waals surface area (Å²) in [5.74, 6) is 0.760. The zero-order valence-corrected chi connectivity index (χ0v) is 16.6. The highest BCUT2D eigenvalue weighted by Crippen LogP contribution is 2.27. The number of amides is 1. The summed E-state index contributed by atoms with van der Waals surface area (Å²) in [6, 6.07) is 14.3. The summed E-state index contributed by atoms with van der Waals surface area (Å²) in [4.78, 5) is 14.6.